The van der Waals surface area contributed by atoms with E-state index >= 15 is 0 Å². The van der Waals surface area contributed by atoms with Gasteiger partial charge in [0.25, 0.3) is 0 Å². The Bertz CT molecular complexity index is 1500. The number of hydrogen-bond acceptors (Lipinski definition) is 9. The van der Waals surface area contributed by atoms with E-state index in [-0.39, 0.29) is 17.9 Å². The van der Waals surface area contributed by atoms with Crippen LogP contribution in [0.3, 0.4) is 0 Å². The predicted molar refractivity (Wildman–Crippen MR) is 172 cm³/mol. The maximum Gasteiger partial charge on any atom is 0.185 e. The van der Waals surface area contributed by atoms with Crippen molar-refractivity contribution in [2.75, 3.05) is 64.4 Å². The molecule has 234 valence electrons. The topological polar surface area (TPSA) is 106 Å². The van der Waals surface area contributed by atoms with E-state index in [4.69, 9.17) is 23.9 Å². The summed E-state index contributed by atoms with van der Waals surface area (Å²) in [5.74, 6) is 0.676. The molecule has 10 heteroatoms. The molecule has 3 N–H and O–H groups in total. The van der Waals surface area contributed by atoms with Gasteiger partial charge in [-0.25, -0.2) is 0 Å². The first-order valence-electron chi connectivity index (χ1n) is 15.1. The van der Waals surface area contributed by atoms with Gasteiger partial charge in [-0.05, 0) is 73.2 Å². The summed E-state index contributed by atoms with van der Waals surface area (Å²) in [6, 6.07) is 21.8. The Morgan fingerprint density at radius 1 is 0.864 bits per heavy atom. The molecule has 0 saturated carbocycles. The van der Waals surface area contributed by atoms with Crippen LogP contribution in [-0.4, -0.2) is 81.9 Å². The molecule has 2 heterocycles. The number of methoxy groups -OCH3 is 2. The number of benzene rings is 3. The Morgan fingerprint density at radius 3 is 2.36 bits per heavy atom. The number of aromatic amines is 1. The van der Waals surface area contributed by atoms with Crippen molar-refractivity contribution in [1.82, 2.24) is 10.2 Å². The summed E-state index contributed by atoms with van der Waals surface area (Å²) in [4.78, 5) is 28.5. The van der Waals surface area contributed by atoms with Gasteiger partial charge in [-0.2, -0.15) is 0 Å². The Labute approximate surface area is 258 Å². The second-order valence-electron chi connectivity index (χ2n) is 10.8. The van der Waals surface area contributed by atoms with E-state index in [1.54, 1.807) is 14.2 Å². The highest BCUT2D eigenvalue weighted by atomic mass is 16.9. The number of hydroxylamine groups is 2. The number of para-hydroxylation sites is 2. The highest BCUT2D eigenvalue weighted by molar-refractivity contribution is 6.03. The number of carbonyl (C=O) groups excluding carboxylic acids is 1. The molecule has 5 rings (SSSR count). The number of rotatable bonds is 16. The zero-order valence-electron chi connectivity index (χ0n) is 25.6. The van der Waals surface area contributed by atoms with Crippen molar-refractivity contribution in [2.24, 2.45) is 0 Å². The van der Waals surface area contributed by atoms with E-state index in [9.17, 15) is 4.79 Å². The van der Waals surface area contributed by atoms with Gasteiger partial charge in [-0.15, -0.1) is 0 Å². The number of H-pyrrole nitrogens is 1. The summed E-state index contributed by atoms with van der Waals surface area (Å²) in [6.45, 7) is 4.61. The molecule has 0 saturated heterocycles. The standard InChI is InChI=1S/C34H42N4O6/c1-24-21-32(37-31-8-5-4-7-30(31)36-24)34(39)27-9-11-28(25-10-12-29-26(22-25)13-14-35-29)33(23-27)42-16-6-15-38(43-19-17-40-2)44-20-18-41-3/h4-5,7-14,22-24,32,35-37H,6,15-21H2,1-3H3/t24-,32?/m0/s1. The summed E-state index contributed by atoms with van der Waals surface area (Å²) in [5.41, 5.74) is 5.52. The lowest BCUT2D eigenvalue weighted by molar-refractivity contribution is -0.372. The number of ketones is 1. The van der Waals surface area contributed by atoms with Crippen LogP contribution in [0.15, 0.2) is 72.9 Å². The lowest BCUT2D eigenvalue weighted by Crippen LogP contribution is -2.32. The molecule has 0 amide bonds. The van der Waals surface area contributed by atoms with Crippen molar-refractivity contribution in [3.8, 4) is 16.9 Å². The Kier molecular flexibility index (Phi) is 11.2. The highest BCUT2D eigenvalue weighted by Gasteiger charge is 2.27. The minimum atomic E-state index is -0.377. The Hall–Kier alpha value is -3.93. The first-order chi connectivity index (χ1) is 21.6. The first kappa shape index (κ1) is 31.5. The van der Waals surface area contributed by atoms with Gasteiger partial charge < -0.3 is 29.8 Å². The van der Waals surface area contributed by atoms with E-state index in [2.05, 4.69) is 40.7 Å². The van der Waals surface area contributed by atoms with Crippen LogP contribution in [0.2, 0.25) is 0 Å². The molecule has 0 fully saturated rings. The second kappa shape index (κ2) is 15.7. The van der Waals surface area contributed by atoms with Crippen molar-refractivity contribution in [3.63, 3.8) is 0 Å². The van der Waals surface area contributed by atoms with Crippen LogP contribution in [0, 0.1) is 0 Å². The fourth-order valence-corrected chi connectivity index (χ4v) is 5.27. The van der Waals surface area contributed by atoms with Gasteiger partial charge >= 0.3 is 0 Å². The van der Waals surface area contributed by atoms with Crippen LogP contribution in [0.1, 0.15) is 30.1 Å². The molecule has 0 aliphatic carbocycles. The summed E-state index contributed by atoms with van der Waals surface area (Å²) >= 11 is 0. The van der Waals surface area contributed by atoms with Gasteiger partial charge in [0, 0.05) is 43.1 Å². The molecule has 44 heavy (non-hydrogen) atoms. The van der Waals surface area contributed by atoms with Crippen molar-refractivity contribution < 1.29 is 28.7 Å². The van der Waals surface area contributed by atoms with Gasteiger partial charge in [-0.3, -0.25) is 14.5 Å². The number of hydrogen-bond donors (Lipinski definition) is 3. The molecule has 4 aromatic rings. The summed E-state index contributed by atoms with van der Waals surface area (Å²) in [5, 5.41) is 9.53. The number of ether oxygens (including phenoxy) is 3. The second-order valence-corrected chi connectivity index (χ2v) is 10.8. The number of anilines is 2. The summed E-state index contributed by atoms with van der Waals surface area (Å²) in [6.07, 6.45) is 3.20. The summed E-state index contributed by atoms with van der Waals surface area (Å²) < 4.78 is 16.6. The SMILES string of the molecule is COCCON(CCCOc1cc(C(=O)C2C[C@H](C)Nc3ccccc3N2)ccc1-c1ccc2[nH]ccc2c1)OCCOC. The molecule has 0 radical (unpaired) electrons. The molecule has 3 aromatic carbocycles. The third-order valence-electron chi connectivity index (χ3n) is 7.48. The van der Waals surface area contributed by atoms with Gasteiger partial charge in [-0.1, -0.05) is 29.5 Å². The van der Waals surface area contributed by atoms with E-state index in [0.29, 0.717) is 63.7 Å². The largest absolute Gasteiger partial charge is 0.493 e. The molecule has 10 nitrogen and oxygen atoms in total. The molecule has 1 aliphatic heterocycles. The number of carbonyl (C=O) groups is 1. The maximum atomic E-state index is 13.9. The van der Waals surface area contributed by atoms with E-state index < -0.39 is 0 Å². The molecule has 1 aromatic heterocycles. The predicted octanol–water partition coefficient (Wildman–Crippen LogP) is 5.93. The maximum absolute atomic E-state index is 13.9. The number of aromatic nitrogens is 1. The third kappa shape index (κ3) is 8.16. The Morgan fingerprint density at radius 2 is 1.61 bits per heavy atom. The highest BCUT2D eigenvalue weighted by Crippen LogP contribution is 2.34. The molecule has 1 unspecified atom stereocenters. The Balaban J connectivity index is 1.34. The fourth-order valence-electron chi connectivity index (χ4n) is 5.27. The van der Waals surface area contributed by atoms with Gasteiger partial charge in [0.2, 0.25) is 0 Å². The molecule has 2 atom stereocenters. The van der Waals surface area contributed by atoms with Crippen molar-refractivity contribution >= 4 is 28.1 Å². The van der Waals surface area contributed by atoms with Crippen LogP contribution >= 0.6 is 0 Å². The number of Topliss-reactive ketones (excluding diaryl/α,β-unsaturated/α-hetero) is 1. The minimum absolute atomic E-state index is 0.0251. The third-order valence-corrected chi connectivity index (χ3v) is 7.48. The van der Waals surface area contributed by atoms with Crippen molar-refractivity contribution in [2.45, 2.75) is 31.8 Å². The van der Waals surface area contributed by atoms with Crippen molar-refractivity contribution in [1.29, 1.82) is 0 Å². The monoisotopic (exact) mass is 602 g/mol. The number of nitrogens with zero attached hydrogens (tertiary/aromatic N) is 1. The van der Waals surface area contributed by atoms with Gasteiger partial charge in [0.1, 0.15) is 5.75 Å². The van der Waals surface area contributed by atoms with E-state index in [0.717, 1.165) is 33.4 Å². The smallest absolute Gasteiger partial charge is 0.185 e. The number of nitrogens with one attached hydrogen (secondary N) is 3. The average molecular weight is 603 g/mol. The zero-order valence-corrected chi connectivity index (χ0v) is 25.6. The molecule has 0 spiro atoms. The van der Waals surface area contributed by atoms with Crippen LogP contribution in [-0.2, 0) is 19.1 Å². The van der Waals surface area contributed by atoms with Gasteiger partial charge in [0.05, 0.1) is 57.0 Å². The van der Waals surface area contributed by atoms with Crippen LogP contribution < -0.4 is 15.4 Å². The summed E-state index contributed by atoms with van der Waals surface area (Å²) in [7, 11) is 3.25. The lowest BCUT2D eigenvalue weighted by atomic mass is 9.95. The average Bonchev–Trinajstić information content (AvgIpc) is 3.44. The van der Waals surface area contributed by atoms with Crippen LogP contribution in [0.5, 0.6) is 5.75 Å². The fraction of sp³-hybridized carbons (Fsp3) is 0.382. The molecule has 0 bridgehead atoms. The quantitative estimate of drug-likeness (QED) is 0.0818. The minimum Gasteiger partial charge on any atom is -0.493 e. The van der Waals surface area contributed by atoms with Crippen LogP contribution in [0.25, 0.3) is 22.0 Å². The number of fused-ring (bicyclic) bond motifs is 2. The van der Waals surface area contributed by atoms with Gasteiger partial charge in [0.15, 0.2) is 5.78 Å². The van der Waals surface area contributed by atoms with Crippen LogP contribution in [0.4, 0.5) is 11.4 Å². The zero-order chi connectivity index (χ0) is 30.7. The van der Waals surface area contributed by atoms with E-state index in [1.807, 2.05) is 54.7 Å². The molecule has 1 aliphatic rings. The molecular formula is C34H42N4O6. The van der Waals surface area contributed by atoms with Crippen molar-refractivity contribution in [3.05, 3.63) is 78.5 Å². The normalized spacial score (nSPS) is 16.3. The molecular weight excluding hydrogens is 560 g/mol. The first-order valence-corrected chi connectivity index (χ1v) is 15.1. The van der Waals surface area contributed by atoms with E-state index in [1.165, 1.54) is 5.23 Å². The lowest BCUT2D eigenvalue weighted by Gasteiger charge is -2.21.